The predicted molar refractivity (Wildman–Crippen MR) is 235 cm³/mol. The highest BCUT2D eigenvalue weighted by atomic mass is 35.5. The average molecular weight is 847 g/mol. The fourth-order valence-corrected chi connectivity index (χ4v) is 7.67. The molecule has 300 valence electrons. The van der Waals surface area contributed by atoms with E-state index in [1.165, 1.54) is 0 Å². The molecular formula is C45H39ClN4O7S2. The lowest BCUT2D eigenvalue weighted by Gasteiger charge is -2.15. The predicted octanol–water partition coefficient (Wildman–Crippen LogP) is 8.23. The van der Waals surface area contributed by atoms with Crippen LogP contribution in [0.2, 0.25) is 5.02 Å². The number of nitrogens with zero attached hydrogens (tertiary/aromatic N) is 1. The highest BCUT2D eigenvalue weighted by molar-refractivity contribution is 8.14. The second kappa shape index (κ2) is 20.0. The Hall–Kier alpha value is -6.15. The van der Waals surface area contributed by atoms with Crippen LogP contribution < -0.4 is 20.7 Å². The topological polar surface area (TPSA) is 153 Å². The first-order chi connectivity index (χ1) is 28.5. The Balaban J connectivity index is 1.13. The van der Waals surface area contributed by atoms with Gasteiger partial charge in [0, 0.05) is 39.3 Å². The third kappa shape index (κ3) is 11.1. The van der Waals surface area contributed by atoms with E-state index in [-0.39, 0.29) is 46.5 Å². The minimum absolute atomic E-state index is 0.00711. The second-order valence-electron chi connectivity index (χ2n) is 13.2. The zero-order valence-corrected chi connectivity index (χ0v) is 34.5. The Morgan fingerprint density at radius 3 is 1.85 bits per heavy atom. The SMILES string of the molecule is COc1ccc2c(c1)c(CC(=O)NCCc1ccc(NC(=O)CSC(=O)c3ccccc3)c(NC(=O)CSC(=O)c3ccccc3)c1)c(C)n2C(=O)c1ccc(Cl)cc1. The lowest BCUT2D eigenvalue weighted by atomic mass is 10.1. The molecule has 3 amide bonds. The molecule has 0 atom stereocenters. The number of hydrogen-bond donors (Lipinski definition) is 3. The van der Waals surface area contributed by atoms with Crippen LogP contribution in [0, 0.1) is 6.92 Å². The summed E-state index contributed by atoms with van der Waals surface area (Å²) in [6, 6.07) is 34.3. The molecule has 0 spiro atoms. The molecule has 59 heavy (non-hydrogen) atoms. The molecule has 0 fully saturated rings. The average Bonchev–Trinajstić information content (AvgIpc) is 3.52. The van der Waals surface area contributed by atoms with Gasteiger partial charge in [-0.05, 0) is 79.1 Å². The molecule has 0 bridgehead atoms. The molecule has 14 heteroatoms. The largest absolute Gasteiger partial charge is 0.497 e. The maximum absolute atomic E-state index is 13.7. The van der Waals surface area contributed by atoms with Gasteiger partial charge in [-0.2, -0.15) is 0 Å². The number of benzene rings is 5. The number of amides is 3. The van der Waals surface area contributed by atoms with Crippen LogP contribution >= 0.6 is 35.1 Å². The lowest BCUT2D eigenvalue weighted by Crippen LogP contribution is -2.27. The van der Waals surface area contributed by atoms with Gasteiger partial charge in [0.2, 0.25) is 28.0 Å². The molecule has 1 aromatic heterocycles. The summed E-state index contributed by atoms with van der Waals surface area (Å²) >= 11 is 7.78. The highest BCUT2D eigenvalue weighted by Crippen LogP contribution is 2.31. The smallest absolute Gasteiger partial charge is 0.262 e. The maximum Gasteiger partial charge on any atom is 0.262 e. The highest BCUT2D eigenvalue weighted by Gasteiger charge is 2.22. The van der Waals surface area contributed by atoms with E-state index < -0.39 is 11.8 Å². The van der Waals surface area contributed by atoms with E-state index >= 15 is 0 Å². The zero-order valence-electron chi connectivity index (χ0n) is 32.1. The van der Waals surface area contributed by atoms with Crippen molar-refractivity contribution in [2.75, 3.05) is 35.8 Å². The van der Waals surface area contributed by atoms with Crippen LogP contribution in [-0.2, 0) is 27.2 Å². The van der Waals surface area contributed by atoms with Crippen LogP contribution in [0.25, 0.3) is 10.9 Å². The summed E-state index contributed by atoms with van der Waals surface area (Å²) in [5.74, 6) is -1.19. The van der Waals surface area contributed by atoms with Crippen molar-refractivity contribution < 1.29 is 33.5 Å². The summed E-state index contributed by atoms with van der Waals surface area (Å²) in [7, 11) is 1.55. The third-order valence-electron chi connectivity index (χ3n) is 9.23. The van der Waals surface area contributed by atoms with E-state index in [0.717, 1.165) is 29.1 Å². The number of anilines is 2. The van der Waals surface area contributed by atoms with Crippen molar-refractivity contribution in [2.24, 2.45) is 0 Å². The van der Waals surface area contributed by atoms with Gasteiger partial charge in [0.15, 0.2) is 0 Å². The quantitative estimate of drug-likeness (QED) is 0.0928. The van der Waals surface area contributed by atoms with Crippen molar-refractivity contribution in [1.29, 1.82) is 0 Å². The summed E-state index contributed by atoms with van der Waals surface area (Å²) in [6.07, 6.45) is 0.363. The fraction of sp³-hybridized carbons (Fsp3) is 0.156. The molecule has 0 saturated heterocycles. The molecule has 0 radical (unpaired) electrons. The van der Waals surface area contributed by atoms with Crippen LogP contribution in [-0.4, -0.2) is 63.6 Å². The van der Waals surface area contributed by atoms with Crippen molar-refractivity contribution in [3.63, 3.8) is 0 Å². The number of rotatable bonds is 15. The number of methoxy groups -OCH3 is 1. The van der Waals surface area contributed by atoms with Gasteiger partial charge in [0.25, 0.3) is 5.91 Å². The Morgan fingerprint density at radius 2 is 1.25 bits per heavy atom. The number of halogens is 1. The van der Waals surface area contributed by atoms with Gasteiger partial charge in [0.05, 0.1) is 41.9 Å². The molecule has 0 saturated carbocycles. The number of fused-ring (bicyclic) bond motifs is 1. The van der Waals surface area contributed by atoms with E-state index in [0.29, 0.717) is 67.4 Å². The number of carbonyl (C=O) groups is 6. The zero-order chi connectivity index (χ0) is 41.9. The molecule has 6 aromatic rings. The molecule has 11 nitrogen and oxygen atoms in total. The van der Waals surface area contributed by atoms with E-state index in [1.54, 1.807) is 134 Å². The van der Waals surface area contributed by atoms with Crippen molar-refractivity contribution >= 4 is 91.3 Å². The molecule has 0 aliphatic heterocycles. The van der Waals surface area contributed by atoms with Crippen LogP contribution in [0.15, 0.2) is 121 Å². The number of carbonyl (C=O) groups excluding carboxylic acids is 6. The fourth-order valence-electron chi connectivity index (χ4n) is 6.27. The first-order valence-electron chi connectivity index (χ1n) is 18.4. The number of ether oxygens (including phenoxy) is 1. The number of aromatic nitrogens is 1. The van der Waals surface area contributed by atoms with E-state index in [2.05, 4.69) is 16.0 Å². The van der Waals surface area contributed by atoms with Crippen molar-refractivity contribution in [3.05, 3.63) is 160 Å². The molecule has 0 aliphatic rings. The molecule has 0 aliphatic carbocycles. The summed E-state index contributed by atoms with van der Waals surface area (Å²) in [4.78, 5) is 78.4. The first kappa shape index (κ1) is 42.5. The summed E-state index contributed by atoms with van der Waals surface area (Å²) < 4.78 is 7.05. The van der Waals surface area contributed by atoms with Crippen molar-refractivity contribution in [1.82, 2.24) is 9.88 Å². The standard InChI is InChI=1S/C45H39ClN4O7S2/c1-28-35(36-24-34(57-2)18-20-39(36)50(28)43(54)30-14-16-33(46)17-15-30)25-40(51)47-22-21-29-13-19-37(48-41(52)26-58-44(55)31-9-5-3-6-10-31)38(23-29)49-42(53)27-59-45(56)32-11-7-4-8-12-32/h3-20,23-24H,21-22,25-27H2,1-2H3,(H,47,51)(H,48,52)(H,49,53). The normalized spacial score (nSPS) is 10.8. The lowest BCUT2D eigenvalue weighted by molar-refractivity contribution is -0.120. The Kier molecular flexibility index (Phi) is 14.4. The van der Waals surface area contributed by atoms with Crippen molar-refractivity contribution in [3.8, 4) is 5.75 Å². The Labute approximate surface area is 354 Å². The number of nitrogens with one attached hydrogen (secondary N) is 3. The number of thioether (sulfide) groups is 2. The summed E-state index contributed by atoms with van der Waals surface area (Å²) in [5, 5.41) is 9.27. The van der Waals surface area contributed by atoms with Crippen LogP contribution in [0.5, 0.6) is 5.75 Å². The molecule has 5 aromatic carbocycles. The van der Waals surface area contributed by atoms with Crippen LogP contribution in [0.3, 0.4) is 0 Å². The van der Waals surface area contributed by atoms with E-state index in [4.69, 9.17) is 16.3 Å². The summed E-state index contributed by atoms with van der Waals surface area (Å²) in [6.45, 7) is 2.04. The second-order valence-corrected chi connectivity index (χ2v) is 15.6. The first-order valence-corrected chi connectivity index (χ1v) is 20.8. The maximum atomic E-state index is 13.7. The monoisotopic (exact) mass is 846 g/mol. The Morgan fingerprint density at radius 1 is 0.661 bits per heavy atom. The molecule has 6 rings (SSSR count). The van der Waals surface area contributed by atoms with Gasteiger partial charge in [-0.25, -0.2) is 0 Å². The minimum atomic E-state index is -0.463. The third-order valence-corrected chi connectivity index (χ3v) is 11.3. The van der Waals surface area contributed by atoms with Gasteiger partial charge in [0.1, 0.15) is 5.75 Å². The molecule has 0 unspecified atom stereocenters. The summed E-state index contributed by atoms with van der Waals surface area (Å²) in [5.41, 5.74) is 4.66. The van der Waals surface area contributed by atoms with Gasteiger partial charge in [-0.1, -0.05) is 102 Å². The molecular weight excluding hydrogens is 808 g/mol. The van der Waals surface area contributed by atoms with Crippen LogP contribution in [0.4, 0.5) is 11.4 Å². The van der Waals surface area contributed by atoms with Gasteiger partial charge in [-0.15, -0.1) is 0 Å². The number of hydrogen-bond acceptors (Lipinski definition) is 9. The van der Waals surface area contributed by atoms with Gasteiger partial charge in [-0.3, -0.25) is 33.3 Å². The van der Waals surface area contributed by atoms with Gasteiger partial charge < -0.3 is 20.7 Å². The molecule has 1 heterocycles. The van der Waals surface area contributed by atoms with E-state index in [1.807, 2.05) is 6.07 Å². The minimum Gasteiger partial charge on any atom is -0.497 e. The van der Waals surface area contributed by atoms with Crippen LogP contribution in [0.1, 0.15) is 47.9 Å². The van der Waals surface area contributed by atoms with Gasteiger partial charge >= 0.3 is 0 Å². The molecule has 3 N–H and O–H groups in total. The van der Waals surface area contributed by atoms with E-state index in [9.17, 15) is 28.8 Å². The van der Waals surface area contributed by atoms with Crippen molar-refractivity contribution in [2.45, 2.75) is 19.8 Å². The Bertz CT molecular complexity index is 2530.